The van der Waals surface area contributed by atoms with E-state index in [1.54, 1.807) is 0 Å². The Kier molecular flexibility index (Phi) is 5.19. The molecular formula is C14H19BrClNO. The minimum Gasteiger partial charge on any atom is -0.491 e. The van der Waals surface area contributed by atoms with Gasteiger partial charge in [0.2, 0.25) is 0 Å². The van der Waals surface area contributed by atoms with Crippen LogP contribution >= 0.6 is 27.5 Å². The molecule has 18 heavy (non-hydrogen) atoms. The molecule has 0 heterocycles. The van der Waals surface area contributed by atoms with Gasteiger partial charge in [-0.2, -0.15) is 0 Å². The summed E-state index contributed by atoms with van der Waals surface area (Å²) in [5, 5.41) is 4.30. The predicted octanol–water partition coefficient (Wildman–Crippen LogP) is 5.25. The van der Waals surface area contributed by atoms with Gasteiger partial charge in [-0.3, -0.25) is 0 Å². The maximum atomic E-state index is 6.11. The molecule has 0 radical (unpaired) electrons. The van der Waals surface area contributed by atoms with Gasteiger partial charge in [-0.25, -0.2) is 0 Å². The van der Waals surface area contributed by atoms with Crippen molar-refractivity contribution in [3.05, 3.63) is 21.6 Å². The molecule has 1 fully saturated rings. The third kappa shape index (κ3) is 3.55. The van der Waals surface area contributed by atoms with Crippen molar-refractivity contribution in [3.63, 3.8) is 0 Å². The molecule has 0 spiro atoms. The zero-order valence-electron chi connectivity index (χ0n) is 10.6. The van der Waals surface area contributed by atoms with Gasteiger partial charge in [0.15, 0.2) is 5.75 Å². The topological polar surface area (TPSA) is 21.3 Å². The van der Waals surface area contributed by atoms with Crippen LogP contribution in [0.5, 0.6) is 5.75 Å². The maximum Gasteiger partial charge on any atom is 0.156 e. The van der Waals surface area contributed by atoms with Crippen molar-refractivity contribution in [1.29, 1.82) is 0 Å². The standard InChI is InChI=1S/C14H19BrClNO/c1-2-18-14-12(15)8-10(16)9-13(14)17-11-6-4-3-5-7-11/h8-9,11,17H,2-7H2,1H3. The minimum atomic E-state index is 0.545. The highest BCUT2D eigenvalue weighted by Crippen LogP contribution is 2.38. The van der Waals surface area contributed by atoms with Gasteiger partial charge >= 0.3 is 0 Å². The summed E-state index contributed by atoms with van der Waals surface area (Å²) < 4.78 is 6.61. The highest BCUT2D eigenvalue weighted by Gasteiger charge is 2.17. The van der Waals surface area contributed by atoms with Gasteiger partial charge in [-0.15, -0.1) is 0 Å². The molecule has 0 atom stereocenters. The van der Waals surface area contributed by atoms with Crippen LogP contribution in [0.1, 0.15) is 39.0 Å². The largest absolute Gasteiger partial charge is 0.491 e. The first kappa shape index (κ1) is 14.0. The van der Waals surface area contributed by atoms with E-state index in [1.165, 1.54) is 32.1 Å². The monoisotopic (exact) mass is 331 g/mol. The predicted molar refractivity (Wildman–Crippen MR) is 80.8 cm³/mol. The van der Waals surface area contributed by atoms with Crippen LogP contribution in [0.4, 0.5) is 5.69 Å². The first-order valence-electron chi connectivity index (χ1n) is 6.59. The number of ether oxygens (including phenoxy) is 1. The number of rotatable bonds is 4. The zero-order chi connectivity index (χ0) is 13.0. The molecule has 0 aliphatic heterocycles. The van der Waals surface area contributed by atoms with Crippen molar-refractivity contribution in [2.24, 2.45) is 0 Å². The van der Waals surface area contributed by atoms with Crippen LogP contribution in [-0.2, 0) is 0 Å². The fourth-order valence-electron chi connectivity index (χ4n) is 2.43. The molecule has 0 aromatic heterocycles. The van der Waals surface area contributed by atoms with E-state index in [-0.39, 0.29) is 0 Å². The quantitative estimate of drug-likeness (QED) is 0.813. The Morgan fingerprint density at radius 1 is 1.33 bits per heavy atom. The fourth-order valence-corrected chi connectivity index (χ4v) is 3.35. The van der Waals surface area contributed by atoms with Crippen molar-refractivity contribution < 1.29 is 4.74 Å². The van der Waals surface area contributed by atoms with E-state index >= 15 is 0 Å². The van der Waals surface area contributed by atoms with E-state index in [0.717, 1.165) is 20.9 Å². The van der Waals surface area contributed by atoms with Crippen molar-refractivity contribution in [3.8, 4) is 5.75 Å². The summed E-state index contributed by atoms with van der Waals surface area (Å²) in [4.78, 5) is 0. The molecule has 2 rings (SSSR count). The van der Waals surface area contributed by atoms with Crippen molar-refractivity contribution >= 4 is 33.2 Å². The van der Waals surface area contributed by atoms with Crippen LogP contribution in [0.2, 0.25) is 5.02 Å². The lowest BCUT2D eigenvalue weighted by Crippen LogP contribution is -2.22. The van der Waals surface area contributed by atoms with Gasteiger partial charge in [0, 0.05) is 11.1 Å². The summed E-state index contributed by atoms with van der Waals surface area (Å²) in [6.07, 6.45) is 6.44. The van der Waals surface area contributed by atoms with E-state index in [0.29, 0.717) is 12.6 Å². The summed E-state index contributed by atoms with van der Waals surface area (Å²) in [7, 11) is 0. The van der Waals surface area contributed by atoms with E-state index in [1.807, 2.05) is 19.1 Å². The molecule has 0 bridgehead atoms. The molecule has 0 unspecified atom stereocenters. The van der Waals surface area contributed by atoms with E-state index in [2.05, 4.69) is 21.2 Å². The average molecular weight is 333 g/mol. The Morgan fingerprint density at radius 2 is 2.06 bits per heavy atom. The number of halogens is 2. The van der Waals surface area contributed by atoms with Gasteiger partial charge in [-0.1, -0.05) is 30.9 Å². The fraction of sp³-hybridized carbons (Fsp3) is 0.571. The van der Waals surface area contributed by atoms with Gasteiger partial charge in [0.25, 0.3) is 0 Å². The van der Waals surface area contributed by atoms with Crippen LogP contribution < -0.4 is 10.1 Å². The van der Waals surface area contributed by atoms with Gasteiger partial charge < -0.3 is 10.1 Å². The molecule has 1 aliphatic rings. The SMILES string of the molecule is CCOc1c(Br)cc(Cl)cc1NC1CCCCC1. The summed E-state index contributed by atoms with van der Waals surface area (Å²) in [5.74, 6) is 0.868. The number of nitrogens with one attached hydrogen (secondary N) is 1. The Morgan fingerprint density at radius 3 is 2.72 bits per heavy atom. The lowest BCUT2D eigenvalue weighted by molar-refractivity contribution is 0.338. The van der Waals surface area contributed by atoms with Crippen molar-refractivity contribution in [1.82, 2.24) is 0 Å². The molecule has 0 saturated heterocycles. The number of hydrogen-bond donors (Lipinski definition) is 1. The second kappa shape index (κ2) is 6.67. The Bertz CT molecular complexity index is 405. The summed E-state index contributed by atoms with van der Waals surface area (Å²) in [6, 6.07) is 4.37. The molecular weight excluding hydrogens is 314 g/mol. The van der Waals surface area contributed by atoms with E-state index < -0.39 is 0 Å². The Hall–Kier alpha value is -0.410. The second-order valence-electron chi connectivity index (χ2n) is 4.68. The molecule has 4 heteroatoms. The number of hydrogen-bond acceptors (Lipinski definition) is 2. The number of benzene rings is 1. The lowest BCUT2D eigenvalue weighted by Gasteiger charge is -2.25. The molecule has 100 valence electrons. The lowest BCUT2D eigenvalue weighted by atomic mass is 9.95. The summed E-state index contributed by atoms with van der Waals surface area (Å²) in [5.41, 5.74) is 1.00. The first-order valence-corrected chi connectivity index (χ1v) is 7.76. The molecule has 1 saturated carbocycles. The van der Waals surface area contributed by atoms with Gasteiger partial charge in [-0.05, 0) is 47.8 Å². The third-order valence-electron chi connectivity index (χ3n) is 3.26. The average Bonchev–Trinajstić information content (AvgIpc) is 2.35. The van der Waals surface area contributed by atoms with E-state index in [9.17, 15) is 0 Å². The molecule has 1 aromatic rings. The van der Waals surface area contributed by atoms with E-state index in [4.69, 9.17) is 16.3 Å². The molecule has 0 amide bonds. The number of anilines is 1. The van der Waals surface area contributed by atoms with Gasteiger partial charge in [0.05, 0.1) is 16.8 Å². The maximum absolute atomic E-state index is 6.11. The molecule has 1 aromatic carbocycles. The van der Waals surface area contributed by atoms with Gasteiger partial charge in [0.1, 0.15) is 0 Å². The van der Waals surface area contributed by atoms with Crippen LogP contribution in [0.15, 0.2) is 16.6 Å². The first-order chi connectivity index (χ1) is 8.70. The minimum absolute atomic E-state index is 0.545. The Balaban J connectivity index is 2.18. The highest BCUT2D eigenvalue weighted by molar-refractivity contribution is 9.10. The third-order valence-corrected chi connectivity index (χ3v) is 4.07. The van der Waals surface area contributed by atoms with Crippen LogP contribution in [0.25, 0.3) is 0 Å². The van der Waals surface area contributed by atoms with Crippen molar-refractivity contribution in [2.75, 3.05) is 11.9 Å². The normalized spacial score (nSPS) is 16.6. The Labute approximate surface area is 122 Å². The highest BCUT2D eigenvalue weighted by atomic mass is 79.9. The smallest absolute Gasteiger partial charge is 0.156 e. The van der Waals surface area contributed by atoms with Crippen LogP contribution in [-0.4, -0.2) is 12.6 Å². The molecule has 1 N–H and O–H groups in total. The zero-order valence-corrected chi connectivity index (χ0v) is 13.0. The summed E-state index contributed by atoms with van der Waals surface area (Å²) >= 11 is 9.63. The second-order valence-corrected chi connectivity index (χ2v) is 5.97. The molecule has 1 aliphatic carbocycles. The molecule has 2 nitrogen and oxygen atoms in total. The van der Waals surface area contributed by atoms with Crippen LogP contribution in [0, 0.1) is 0 Å². The summed E-state index contributed by atoms with van der Waals surface area (Å²) in [6.45, 7) is 2.64. The van der Waals surface area contributed by atoms with Crippen molar-refractivity contribution in [2.45, 2.75) is 45.1 Å². The van der Waals surface area contributed by atoms with Crippen LogP contribution in [0.3, 0.4) is 0 Å².